The van der Waals surface area contributed by atoms with Gasteiger partial charge in [-0.05, 0) is 49.7 Å². The molecule has 0 aliphatic rings. The molecule has 0 spiro atoms. The zero-order chi connectivity index (χ0) is 19.9. The number of nitrogen functional groups attached to an aromatic ring is 1. The van der Waals surface area contributed by atoms with Crippen LogP contribution in [0.4, 0.5) is 5.82 Å². The minimum Gasteiger partial charge on any atom is -0.494 e. The lowest BCUT2D eigenvalue weighted by Crippen LogP contribution is -2.26. The summed E-state index contributed by atoms with van der Waals surface area (Å²) in [4.78, 5) is 8.48. The molecule has 0 atom stereocenters. The molecule has 4 rings (SSSR count). The molecule has 0 aliphatic heterocycles. The Bertz CT molecular complexity index is 1160. The van der Waals surface area contributed by atoms with E-state index in [1.165, 1.54) is 6.33 Å². The first-order valence-corrected chi connectivity index (χ1v) is 9.22. The molecule has 0 unspecified atom stereocenters. The fraction of sp³-hybridized carbons (Fsp3) is 0.286. The maximum absolute atomic E-state index is 10.2. The molecule has 4 aromatic rings. The first-order valence-electron chi connectivity index (χ1n) is 9.22. The molecule has 2 aromatic heterocycles. The van der Waals surface area contributed by atoms with E-state index < -0.39 is 5.60 Å². The van der Waals surface area contributed by atoms with Gasteiger partial charge in [-0.1, -0.05) is 18.2 Å². The second kappa shape index (κ2) is 6.76. The average Bonchev–Trinajstić information content (AvgIpc) is 3.00. The van der Waals surface area contributed by atoms with Crippen molar-refractivity contribution in [2.75, 3.05) is 12.3 Å². The third-order valence-electron chi connectivity index (χ3n) is 4.49. The largest absolute Gasteiger partial charge is 0.494 e. The van der Waals surface area contributed by atoms with Crippen LogP contribution in [0.15, 0.2) is 42.7 Å². The van der Waals surface area contributed by atoms with Crippen molar-refractivity contribution in [1.29, 1.82) is 0 Å². The van der Waals surface area contributed by atoms with Crippen LogP contribution < -0.4 is 10.5 Å². The Labute approximate surface area is 162 Å². The number of nitrogens with two attached hydrogens (primary N) is 1. The van der Waals surface area contributed by atoms with Gasteiger partial charge in [-0.2, -0.15) is 5.10 Å². The highest BCUT2D eigenvalue weighted by molar-refractivity contribution is 6.00. The van der Waals surface area contributed by atoms with Crippen molar-refractivity contribution in [2.24, 2.45) is 0 Å². The summed E-state index contributed by atoms with van der Waals surface area (Å²) in [6.07, 6.45) is 1.42. The molecule has 0 saturated carbocycles. The Kier molecular flexibility index (Phi) is 4.39. The Hall–Kier alpha value is -3.19. The van der Waals surface area contributed by atoms with Gasteiger partial charge in [0.2, 0.25) is 0 Å². The smallest absolute Gasteiger partial charge is 0.164 e. The van der Waals surface area contributed by atoms with Gasteiger partial charge in [-0.15, -0.1) is 0 Å². The quantitative estimate of drug-likeness (QED) is 0.553. The number of benzene rings is 2. The maximum atomic E-state index is 10.2. The fourth-order valence-corrected chi connectivity index (χ4v) is 3.34. The standard InChI is InChI=1S/C21H23N5O2/c1-4-28-16-8-7-13-9-15(6-5-14(13)10-16)18-17-19(22)23-12-24-20(17)26(25-18)11-21(2,3)27/h5-10,12,27H,4,11H2,1-3H3,(H2,22,23,24). The molecule has 0 amide bonds. The summed E-state index contributed by atoms with van der Waals surface area (Å²) < 4.78 is 7.27. The van der Waals surface area contributed by atoms with Gasteiger partial charge in [-0.25, -0.2) is 14.6 Å². The molecule has 28 heavy (non-hydrogen) atoms. The van der Waals surface area contributed by atoms with Crippen LogP contribution in [0.5, 0.6) is 5.75 Å². The molecule has 0 saturated heterocycles. The van der Waals surface area contributed by atoms with E-state index in [1.807, 2.05) is 37.3 Å². The average molecular weight is 377 g/mol. The Morgan fingerprint density at radius 1 is 1.11 bits per heavy atom. The molecule has 3 N–H and O–H groups in total. The third kappa shape index (κ3) is 3.36. The molecule has 0 radical (unpaired) electrons. The van der Waals surface area contributed by atoms with Crippen molar-refractivity contribution < 1.29 is 9.84 Å². The summed E-state index contributed by atoms with van der Waals surface area (Å²) in [5.74, 6) is 1.22. The van der Waals surface area contributed by atoms with Crippen LogP contribution in [-0.4, -0.2) is 37.1 Å². The summed E-state index contributed by atoms with van der Waals surface area (Å²) in [6, 6.07) is 12.1. The Morgan fingerprint density at radius 2 is 1.86 bits per heavy atom. The van der Waals surface area contributed by atoms with Crippen LogP contribution in [0.25, 0.3) is 33.1 Å². The molecule has 144 valence electrons. The lowest BCUT2D eigenvalue weighted by molar-refractivity contribution is 0.0590. The van der Waals surface area contributed by atoms with Crippen LogP contribution in [0.3, 0.4) is 0 Å². The number of aromatic nitrogens is 4. The highest BCUT2D eigenvalue weighted by Gasteiger charge is 2.21. The van der Waals surface area contributed by atoms with Crippen molar-refractivity contribution in [3.05, 3.63) is 42.7 Å². The molecule has 0 aliphatic carbocycles. The van der Waals surface area contributed by atoms with Crippen molar-refractivity contribution in [2.45, 2.75) is 32.9 Å². The minimum absolute atomic E-state index is 0.297. The van der Waals surface area contributed by atoms with Crippen LogP contribution >= 0.6 is 0 Å². The van der Waals surface area contributed by atoms with E-state index >= 15 is 0 Å². The lowest BCUT2D eigenvalue weighted by Gasteiger charge is -2.16. The highest BCUT2D eigenvalue weighted by atomic mass is 16.5. The van der Waals surface area contributed by atoms with Gasteiger partial charge in [0.25, 0.3) is 0 Å². The Balaban J connectivity index is 1.87. The number of rotatable bonds is 5. The van der Waals surface area contributed by atoms with Gasteiger partial charge in [-0.3, -0.25) is 0 Å². The van der Waals surface area contributed by atoms with Crippen LogP contribution in [0, 0.1) is 0 Å². The zero-order valence-corrected chi connectivity index (χ0v) is 16.2. The number of nitrogens with zero attached hydrogens (tertiary/aromatic N) is 4. The summed E-state index contributed by atoms with van der Waals surface area (Å²) in [6.45, 7) is 6.36. The molecular weight excluding hydrogens is 354 g/mol. The van der Waals surface area contributed by atoms with Crippen molar-refractivity contribution in [3.8, 4) is 17.0 Å². The second-order valence-electron chi connectivity index (χ2n) is 7.43. The molecular formula is C21H23N5O2. The van der Waals surface area contributed by atoms with Gasteiger partial charge < -0.3 is 15.6 Å². The Morgan fingerprint density at radius 3 is 2.61 bits per heavy atom. The summed E-state index contributed by atoms with van der Waals surface area (Å²) >= 11 is 0. The highest BCUT2D eigenvalue weighted by Crippen LogP contribution is 2.33. The molecule has 0 fully saturated rings. The van der Waals surface area contributed by atoms with Crippen LogP contribution in [-0.2, 0) is 6.54 Å². The number of ether oxygens (including phenoxy) is 1. The normalized spacial score (nSPS) is 12.0. The monoisotopic (exact) mass is 377 g/mol. The first kappa shape index (κ1) is 18.2. The number of hydrogen-bond donors (Lipinski definition) is 2. The van der Waals surface area contributed by atoms with E-state index in [4.69, 9.17) is 15.6 Å². The lowest BCUT2D eigenvalue weighted by atomic mass is 10.0. The van der Waals surface area contributed by atoms with Gasteiger partial charge in [0.05, 0.1) is 24.1 Å². The summed E-state index contributed by atoms with van der Waals surface area (Å²) in [5.41, 5.74) is 7.44. The van der Waals surface area contributed by atoms with E-state index in [9.17, 15) is 5.11 Å². The third-order valence-corrected chi connectivity index (χ3v) is 4.49. The molecule has 7 heteroatoms. The van der Waals surface area contributed by atoms with Gasteiger partial charge in [0.1, 0.15) is 23.6 Å². The van der Waals surface area contributed by atoms with E-state index in [1.54, 1.807) is 18.5 Å². The number of hydrogen-bond acceptors (Lipinski definition) is 6. The number of aliphatic hydroxyl groups is 1. The molecule has 0 bridgehead atoms. The number of fused-ring (bicyclic) bond motifs is 2. The van der Waals surface area contributed by atoms with Crippen LogP contribution in [0.1, 0.15) is 20.8 Å². The molecule has 7 nitrogen and oxygen atoms in total. The maximum Gasteiger partial charge on any atom is 0.164 e. The predicted molar refractivity (Wildman–Crippen MR) is 110 cm³/mol. The van der Waals surface area contributed by atoms with Gasteiger partial charge >= 0.3 is 0 Å². The predicted octanol–water partition coefficient (Wildman–Crippen LogP) is 3.40. The van der Waals surface area contributed by atoms with Crippen molar-refractivity contribution in [3.63, 3.8) is 0 Å². The minimum atomic E-state index is -0.936. The van der Waals surface area contributed by atoms with E-state index in [0.717, 1.165) is 22.1 Å². The van der Waals surface area contributed by atoms with Crippen molar-refractivity contribution in [1.82, 2.24) is 19.7 Å². The zero-order valence-electron chi connectivity index (χ0n) is 16.2. The number of anilines is 1. The first-order chi connectivity index (χ1) is 13.4. The van der Waals surface area contributed by atoms with E-state index in [0.29, 0.717) is 35.7 Å². The van der Waals surface area contributed by atoms with Gasteiger partial charge in [0, 0.05) is 5.56 Å². The van der Waals surface area contributed by atoms with Crippen LogP contribution in [0.2, 0.25) is 0 Å². The fourth-order valence-electron chi connectivity index (χ4n) is 3.34. The molecule has 2 aromatic carbocycles. The molecule has 2 heterocycles. The van der Waals surface area contributed by atoms with Crippen molar-refractivity contribution >= 4 is 27.6 Å². The summed E-state index contributed by atoms with van der Waals surface area (Å²) in [5, 5.41) is 17.8. The van der Waals surface area contributed by atoms with E-state index in [2.05, 4.69) is 16.0 Å². The topological polar surface area (TPSA) is 99.1 Å². The summed E-state index contributed by atoms with van der Waals surface area (Å²) in [7, 11) is 0. The van der Waals surface area contributed by atoms with Gasteiger partial charge in [0.15, 0.2) is 5.65 Å². The SMILES string of the molecule is CCOc1ccc2cc(-c3nn(CC(C)(C)O)c4ncnc(N)c34)ccc2c1. The second-order valence-corrected chi connectivity index (χ2v) is 7.43. The van der Waals surface area contributed by atoms with E-state index in [-0.39, 0.29) is 0 Å².